The molecule has 0 saturated heterocycles. The van der Waals surface area contributed by atoms with Crippen LogP contribution in [-0.2, 0) is 6.18 Å². The molecule has 1 aromatic carbocycles. The molecule has 6 nitrogen and oxygen atoms in total. The van der Waals surface area contributed by atoms with Crippen molar-refractivity contribution in [3.8, 4) is 11.6 Å². The number of alkyl halides is 3. The summed E-state index contributed by atoms with van der Waals surface area (Å²) >= 11 is 0. The van der Waals surface area contributed by atoms with E-state index in [-0.39, 0.29) is 22.6 Å². The van der Waals surface area contributed by atoms with E-state index in [1.54, 1.807) is 0 Å². The monoisotopic (exact) mass is 321 g/mol. The van der Waals surface area contributed by atoms with Crippen molar-refractivity contribution in [2.45, 2.75) is 24.9 Å². The molecule has 0 aliphatic heterocycles. The Bertz CT molecular complexity index is 955. The minimum absolute atomic E-state index is 0.0450. The maximum atomic E-state index is 12.8. The van der Waals surface area contributed by atoms with Crippen LogP contribution < -0.4 is 5.56 Å². The average molecular weight is 321 g/mol. The number of fused-ring (bicyclic) bond motifs is 1. The van der Waals surface area contributed by atoms with Crippen LogP contribution in [0.15, 0.2) is 23.0 Å². The number of H-pyrrole nitrogens is 2. The van der Waals surface area contributed by atoms with Crippen molar-refractivity contribution < 1.29 is 13.2 Å². The van der Waals surface area contributed by atoms with Crippen LogP contribution in [-0.4, -0.2) is 25.1 Å². The van der Waals surface area contributed by atoms with E-state index in [0.29, 0.717) is 11.7 Å². The first-order chi connectivity index (χ1) is 10.9. The molecule has 0 bridgehead atoms. The molecule has 2 heterocycles. The minimum atomic E-state index is -4.50. The van der Waals surface area contributed by atoms with Crippen LogP contribution >= 0.6 is 0 Å². The second-order valence-corrected chi connectivity index (χ2v) is 5.46. The second kappa shape index (κ2) is 4.64. The quantitative estimate of drug-likeness (QED) is 0.759. The zero-order valence-electron chi connectivity index (χ0n) is 11.6. The summed E-state index contributed by atoms with van der Waals surface area (Å²) < 4.78 is 38.4. The molecule has 4 rings (SSSR count). The average Bonchev–Trinajstić information content (AvgIpc) is 3.23. The lowest BCUT2D eigenvalue weighted by Gasteiger charge is -2.07. The first kappa shape index (κ1) is 13.9. The number of rotatable bonds is 2. The lowest BCUT2D eigenvalue weighted by molar-refractivity contribution is -0.137. The first-order valence-electron chi connectivity index (χ1n) is 6.96. The van der Waals surface area contributed by atoms with Crippen LogP contribution in [0.5, 0.6) is 0 Å². The van der Waals surface area contributed by atoms with Gasteiger partial charge in [0.1, 0.15) is 5.82 Å². The van der Waals surface area contributed by atoms with Crippen molar-refractivity contribution in [2.75, 3.05) is 0 Å². The van der Waals surface area contributed by atoms with Gasteiger partial charge in [0, 0.05) is 5.92 Å². The Kier molecular flexibility index (Phi) is 2.81. The summed E-state index contributed by atoms with van der Waals surface area (Å²) in [5, 5.41) is 6.83. The largest absolute Gasteiger partial charge is 0.416 e. The van der Waals surface area contributed by atoms with Gasteiger partial charge in [-0.15, -0.1) is 0 Å². The van der Waals surface area contributed by atoms with E-state index in [4.69, 9.17) is 0 Å². The van der Waals surface area contributed by atoms with Gasteiger partial charge < -0.3 is 4.98 Å². The van der Waals surface area contributed by atoms with Crippen molar-refractivity contribution in [1.29, 1.82) is 0 Å². The molecule has 2 N–H and O–H groups in total. The Hall–Kier alpha value is -2.71. The summed E-state index contributed by atoms with van der Waals surface area (Å²) in [6.07, 6.45) is -2.46. The third-order valence-corrected chi connectivity index (χ3v) is 3.71. The summed E-state index contributed by atoms with van der Waals surface area (Å²) in [4.78, 5) is 22.9. The normalized spacial score (nSPS) is 15.3. The highest BCUT2D eigenvalue weighted by atomic mass is 19.4. The number of hydrogen-bond acceptors (Lipinski definition) is 4. The standard InChI is InChI=1S/C14H10F3N5O/c15-14(16,17)7-3-4-8-9(5-7)18-11(20-13(8)23)12-19-10(21-22-12)6-1-2-6/h3-6H,1-2H2,(H,18,20,23)(H,19,21,22). The highest BCUT2D eigenvalue weighted by Gasteiger charge is 2.31. The van der Waals surface area contributed by atoms with Gasteiger partial charge in [0.15, 0.2) is 5.82 Å². The van der Waals surface area contributed by atoms with E-state index >= 15 is 0 Å². The van der Waals surface area contributed by atoms with Crippen LogP contribution in [0.2, 0.25) is 0 Å². The SMILES string of the molecule is O=c1[nH]c(-c2n[nH]c(C3CC3)n2)nc2cc(C(F)(F)F)ccc12. The van der Waals surface area contributed by atoms with Gasteiger partial charge in [-0.3, -0.25) is 9.89 Å². The van der Waals surface area contributed by atoms with Gasteiger partial charge in [-0.2, -0.15) is 18.3 Å². The van der Waals surface area contributed by atoms with Crippen LogP contribution in [0.3, 0.4) is 0 Å². The molecule has 9 heteroatoms. The fraction of sp³-hybridized carbons (Fsp3) is 0.286. The molecule has 3 aromatic rings. The molecule has 2 aromatic heterocycles. The van der Waals surface area contributed by atoms with Crippen LogP contribution in [0.1, 0.15) is 30.1 Å². The Morgan fingerprint density at radius 3 is 2.65 bits per heavy atom. The molecule has 0 unspecified atom stereocenters. The molecule has 1 aliphatic carbocycles. The molecule has 0 atom stereocenters. The zero-order valence-corrected chi connectivity index (χ0v) is 11.6. The van der Waals surface area contributed by atoms with E-state index in [9.17, 15) is 18.0 Å². The van der Waals surface area contributed by atoms with Crippen LogP contribution in [0.4, 0.5) is 13.2 Å². The summed E-state index contributed by atoms with van der Waals surface area (Å²) in [5.74, 6) is 1.25. The second-order valence-electron chi connectivity index (χ2n) is 5.46. The van der Waals surface area contributed by atoms with E-state index < -0.39 is 17.3 Å². The number of nitrogens with one attached hydrogen (secondary N) is 2. The van der Waals surface area contributed by atoms with Gasteiger partial charge in [-0.05, 0) is 31.0 Å². The number of hydrogen-bond donors (Lipinski definition) is 2. The number of nitrogens with zero attached hydrogens (tertiary/aromatic N) is 3. The summed E-state index contributed by atoms with van der Waals surface area (Å²) in [7, 11) is 0. The fourth-order valence-electron chi connectivity index (χ4n) is 2.34. The predicted octanol–water partition coefficient (Wildman–Crippen LogP) is 2.60. The third kappa shape index (κ3) is 2.47. The molecule has 23 heavy (non-hydrogen) atoms. The van der Waals surface area contributed by atoms with Gasteiger partial charge in [0.05, 0.1) is 16.5 Å². The maximum absolute atomic E-state index is 12.8. The van der Waals surface area contributed by atoms with Gasteiger partial charge in [0.2, 0.25) is 5.82 Å². The molecule has 1 saturated carbocycles. The molecule has 118 valence electrons. The lowest BCUT2D eigenvalue weighted by Crippen LogP contribution is -2.12. The minimum Gasteiger partial charge on any atom is -0.303 e. The van der Waals surface area contributed by atoms with Crippen molar-refractivity contribution in [3.05, 3.63) is 39.9 Å². The molecular weight excluding hydrogens is 311 g/mol. The predicted molar refractivity (Wildman–Crippen MR) is 74.7 cm³/mol. The smallest absolute Gasteiger partial charge is 0.303 e. The van der Waals surface area contributed by atoms with E-state index in [0.717, 1.165) is 31.0 Å². The van der Waals surface area contributed by atoms with Gasteiger partial charge in [-0.25, -0.2) is 9.97 Å². The van der Waals surface area contributed by atoms with Crippen LogP contribution in [0.25, 0.3) is 22.6 Å². The van der Waals surface area contributed by atoms with Crippen molar-refractivity contribution in [3.63, 3.8) is 0 Å². The molecule has 0 spiro atoms. The Morgan fingerprint density at radius 1 is 1.17 bits per heavy atom. The number of halogens is 3. The van der Waals surface area contributed by atoms with Crippen molar-refractivity contribution in [1.82, 2.24) is 25.1 Å². The molecule has 1 fully saturated rings. The van der Waals surface area contributed by atoms with Gasteiger partial charge >= 0.3 is 6.18 Å². The number of aromatic nitrogens is 5. The highest BCUT2D eigenvalue weighted by Crippen LogP contribution is 2.38. The third-order valence-electron chi connectivity index (χ3n) is 3.71. The fourth-order valence-corrected chi connectivity index (χ4v) is 2.34. The number of aromatic amines is 2. The summed E-state index contributed by atoms with van der Waals surface area (Å²) in [5.41, 5.74) is -1.43. The summed E-state index contributed by atoms with van der Waals surface area (Å²) in [6.45, 7) is 0. The topological polar surface area (TPSA) is 87.3 Å². The zero-order chi connectivity index (χ0) is 16.2. The molecular formula is C14H10F3N5O. The molecule has 0 radical (unpaired) electrons. The molecule has 0 amide bonds. The van der Waals surface area contributed by atoms with E-state index in [1.165, 1.54) is 0 Å². The van der Waals surface area contributed by atoms with Gasteiger partial charge in [-0.1, -0.05) is 0 Å². The van der Waals surface area contributed by atoms with E-state index in [2.05, 4.69) is 25.1 Å². The first-order valence-corrected chi connectivity index (χ1v) is 6.96. The Morgan fingerprint density at radius 2 is 1.96 bits per heavy atom. The molecule has 1 aliphatic rings. The number of benzene rings is 1. The van der Waals surface area contributed by atoms with Crippen molar-refractivity contribution in [2.24, 2.45) is 0 Å². The Balaban J connectivity index is 1.85. The van der Waals surface area contributed by atoms with E-state index in [1.807, 2.05) is 0 Å². The van der Waals surface area contributed by atoms with Gasteiger partial charge in [0.25, 0.3) is 5.56 Å². The Labute approximate surface area is 126 Å². The van der Waals surface area contributed by atoms with Crippen molar-refractivity contribution >= 4 is 10.9 Å². The lowest BCUT2D eigenvalue weighted by atomic mass is 10.1. The highest BCUT2D eigenvalue weighted by molar-refractivity contribution is 5.79. The van der Waals surface area contributed by atoms with Crippen LogP contribution in [0, 0.1) is 0 Å². The summed E-state index contributed by atoms with van der Waals surface area (Å²) in [6, 6.07) is 2.82. The maximum Gasteiger partial charge on any atom is 0.416 e.